The predicted molar refractivity (Wildman–Crippen MR) is 80.4 cm³/mol. The number of carbonyl (C=O) groups is 3. The van der Waals surface area contributed by atoms with Crippen molar-refractivity contribution in [2.24, 2.45) is 0 Å². The maximum Gasteiger partial charge on any atom is 0.327 e. The van der Waals surface area contributed by atoms with E-state index in [0.29, 0.717) is 23.0 Å². The molecule has 1 aliphatic heterocycles. The predicted octanol–water partition coefficient (Wildman–Crippen LogP) is 1.64. The summed E-state index contributed by atoms with van der Waals surface area (Å²) in [5.41, 5.74) is 1.05. The van der Waals surface area contributed by atoms with Gasteiger partial charge in [0, 0.05) is 24.1 Å². The molecule has 0 aliphatic carbocycles. The standard InChI is InChI=1S/C13H15N3O4S/c1-8(17)14-9-3-2-4-10(5-9)15-13(20)16-7-21-6-11(16)12(18)19/h2-5,11H,6-7H2,1H3,(H,14,17)(H,15,20)(H,18,19)/t11-/m0/s1. The van der Waals surface area contributed by atoms with Gasteiger partial charge in [-0.2, -0.15) is 0 Å². The lowest BCUT2D eigenvalue weighted by Gasteiger charge is -2.21. The van der Waals surface area contributed by atoms with Crippen molar-refractivity contribution in [3.8, 4) is 0 Å². The van der Waals surface area contributed by atoms with Gasteiger partial charge in [0.05, 0.1) is 5.88 Å². The molecule has 3 amide bonds. The third-order valence-electron chi connectivity index (χ3n) is 2.86. The van der Waals surface area contributed by atoms with E-state index in [4.69, 9.17) is 5.11 Å². The average molecular weight is 309 g/mol. The fraction of sp³-hybridized carbons (Fsp3) is 0.308. The van der Waals surface area contributed by atoms with Crippen molar-refractivity contribution in [2.75, 3.05) is 22.3 Å². The van der Waals surface area contributed by atoms with Gasteiger partial charge in [-0.15, -0.1) is 11.8 Å². The number of benzene rings is 1. The SMILES string of the molecule is CC(=O)Nc1cccc(NC(=O)N2CSC[C@H]2C(=O)O)c1. The highest BCUT2D eigenvalue weighted by molar-refractivity contribution is 7.99. The van der Waals surface area contributed by atoms with Gasteiger partial charge in [-0.3, -0.25) is 4.79 Å². The van der Waals surface area contributed by atoms with E-state index in [1.54, 1.807) is 24.3 Å². The van der Waals surface area contributed by atoms with Gasteiger partial charge in [0.15, 0.2) is 0 Å². The largest absolute Gasteiger partial charge is 0.480 e. The molecule has 0 bridgehead atoms. The highest BCUT2D eigenvalue weighted by Gasteiger charge is 2.34. The maximum absolute atomic E-state index is 12.1. The molecule has 1 heterocycles. The van der Waals surface area contributed by atoms with Gasteiger partial charge in [0.2, 0.25) is 5.91 Å². The number of thioether (sulfide) groups is 1. The molecule has 1 atom stereocenters. The van der Waals surface area contributed by atoms with Crippen molar-refractivity contribution >= 4 is 41.0 Å². The van der Waals surface area contributed by atoms with E-state index in [9.17, 15) is 14.4 Å². The average Bonchev–Trinajstić information content (AvgIpc) is 2.87. The van der Waals surface area contributed by atoms with Crippen LogP contribution in [0.2, 0.25) is 0 Å². The number of nitrogens with zero attached hydrogens (tertiary/aromatic N) is 1. The third-order valence-corrected chi connectivity index (χ3v) is 3.87. The number of carbonyl (C=O) groups excluding carboxylic acids is 2. The molecule has 1 aromatic carbocycles. The number of amides is 3. The van der Waals surface area contributed by atoms with Crippen LogP contribution in [0.25, 0.3) is 0 Å². The first-order chi connectivity index (χ1) is 9.97. The minimum Gasteiger partial charge on any atom is -0.480 e. The van der Waals surface area contributed by atoms with Gasteiger partial charge in [-0.05, 0) is 18.2 Å². The van der Waals surface area contributed by atoms with Gasteiger partial charge >= 0.3 is 12.0 Å². The van der Waals surface area contributed by atoms with Gasteiger partial charge in [0.1, 0.15) is 6.04 Å². The molecule has 1 aromatic rings. The lowest BCUT2D eigenvalue weighted by molar-refractivity contribution is -0.140. The van der Waals surface area contributed by atoms with Crippen LogP contribution in [-0.4, -0.2) is 45.6 Å². The van der Waals surface area contributed by atoms with Crippen molar-refractivity contribution < 1.29 is 19.5 Å². The van der Waals surface area contributed by atoms with Crippen molar-refractivity contribution in [1.82, 2.24) is 4.90 Å². The van der Waals surface area contributed by atoms with Crippen molar-refractivity contribution in [2.45, 2.75) is 13.0 Å². The monoisotopic (exact) mass is 309 g/mol. The van der Waals surface area contributed by atoms with Crippen LogP contribution in [-0.2, 0) is 9.59 Å². The zero-order valence-corrected chi connectivity index (χ0v) is 12.1. The second-order valence-electron chi connectivity index (χ2n) is 4.52. The normalized spacial score (nSPS) is 17.4. The quantitative estimate of drug-likeness (QED) is 0.788. The van der Waals surface area contributed by atoms with E-state index in [1.807, 2.05) is 0 Å². The van der Waals surface area contributed by atoms with E-state index in [1.165, 1.54) is 23.6 Å². The van der Waals surface area contributed by atoms with Crippen LogP contribution in [0.15, 0.2) is 24.3 Å². The van der Waals surface area contributed by atoms with Crippen LogP contribution in [0.1, 0.15) is 6.92 Å². The second kappa shape index (κ2) is 6.49. The molecule has 0 saturated carbocycles. The van der Waals surface area contributed by atoms with Crippen molar-refractivity contribution in [3.05, 3.63) is 24.3 Å². The van der Waals surface area contributed by atoms with Crippen LogP contribution in [0.5, 0.6) is 0 Å². The Labute approximate surface area is 125 Å². The van der Waals surface area contributed by atoms with Crippen molar-refractivity contribution in [1.29, 1.82) is 0 Å². The summed E-state index contributed by atoms with van der Waals surface area (Å²) in [6.07, 6.45) is 0. The number of anilines is 2. The molecule has 1 saturated heterocycles. The number of urea groups is 1. The molecule has 0 radical (unpaired) electrons. The number of carboxylic acid groups (broad SMARTS) is 1. The molecule has 2 rings (SSSR count). The number of hydrogen-bond acceptors (Lipinski definition) is 4. The Balaban J connectivity index is 2.05. The summed E-state index contributed by atoms with van der Waals surface area (Å²) in [5.74, 6) is -0.495. The number of nitrogens with one attached hydrogen (secondary N) is 2. The minimum atomic E-state index is -1.01. The lowest BCUT2D eigenvalue weighted by atomic mass is 10.2. The molecule has 0 aromatic heterocycles. The number of hydrogen-bond donors (Lipinski definition) is 3. The van der Waals surface area contributed by atoms with Crippen LogP contribution in [0, 0.1) is 0 Å². The summed E-state index contributed by atoms with van der Waals surface area (Å²) in [5, 5.41) is 14.3. The fourth-order valence-electron chi connectivity index (χ4n) is 1.92. The Morgan fingerprint density at radius 3 is 2.57 bits per heavy atom. The summed E-state index contributed by atoms with van der Waals surface area (Å²) in [6, 6.07) is 5.39. The molecule has 1 aliphatic rings. The fourth-order valence-corrected chi connectivity index (χ4v) is 3.07. The van der Waals surface area contributed by atoms with Gasteiger partial charge < -0.3 is 20.6 Å². The Hall–Kier alpha value is -2.22. The molecular formula is C13H15N3O4S. The Morgan fingerprint density at radius 1 is 1.29 bits per heavy atom. The molecule has 3 N–H and O–H groups in total. The smallest absolute Gasteiger partial charge is 0.327 e. The van der Waals surface area contributed by atoms with Gasteiger partial charge in [0.25, 0.3) is 0 Å². The molecule has 0 spiro atoms. The topological polar surface area (TPSA) is 98.7 Å². The van der Waals surface area contributed by atoms with E-state index in [2.05, 4.69) is 10.6 Å². The van der Waals surface area contributed by atoms with Crippen LogP contribution >= 0.6 is 11.8 Å². The molecule has 7 nitrogen and oxygen atoms in total. The highest BCUT2D eigenvalue weighted by atomic mass is 32.2. The number of carboxylic acids is 1. The molecule has 8 heteroatoms. The van der Waals surface area contributed by atoms with Gasteiger partial charge in [-0.25, -0.2) is 9.59 Å². The van der Waals surface area contributed by atoms with Crippen LogP contribution in [0.4, 0.5) is 16.2 Å². The first kappa shape index (κ1) is 15.2. The summed E-state index contributed by atoms with van der Waals surface area (Å²) in [4.78, 5) is 35.5. The zero-order valence-electron chi connectivity index (χ0n) is 11.3. The third kappa shape index (κ3) is 3.88. The van der Waals surface area contributed by atoms with Crippen LogP contribution < -0.4 is 10.6 Å². The van der Waals surface area contributed by atoms with Crippen LogP contribution in [0.3, 0.4) is 0 Å². The molecule has 0 unspecified atom stereocenters. The van der Waals surface area contributed by atoms with E-state index < -0.39 is 18.0 Å². The molecular weight excluding hydrogens is 294 g/mol. The molecule has 1 fully saturated rings. The summed E-state index contributed by atoms with van der Waals surface area (Å²) >= 11 is 1.40. The minimum absolute atomic E-state index is 0.208. The summed E-state index contributed by atoms with van der Waals surface area (Å²) in [6.45, 7) is 1.39. The second-order valence-corrected chi connectivity index (χ2v) is 5.52. The maximum atomic E-state index is 12.1. The van der Waals surface area contributed by atoms with E-state index >= 15 is 0 Å². The zero-order chi connectivity index (χ0) is 15.4. The highest BCUT2D eigenvalue weighted by Crippen LogP contribution is 2.23. The first-order valence-electron chi connectivity index (χ1n) is 6.23. The van der Waals surface area contributed by atoms with Gasteiger partial charge in [-0.1, -0.05) is 6.07 Å². The molecule has 112 valence electrons. The van der Waals surface area contributed by atoms with E-state index in [-0.39, 0.29) is 5.91 Å². The Morgan fingerprint density at radius 2 is 1.95 bits per heavy atom. The van der Waals surface area contributed by atoms with Crippen molar-refractivity contribution in [3.63, 3.8) is 0 Å². The summed E-state index contributed by atoms with van der Waals surface area (Å²) < 4.78 is 0. The molecule has 21 heavy (non-hydrogen) atoms. The number of aliphatic carboxylic acids is 1. The number of rotatable bonds is 3. The first-order valence-corrected chi connectivity index (χ1v) is 7.38. The summed E-state index contributed by atoms with van der Waals surface area (Å²) in [7, 11) is 0. The lowest BCUT2D eigenvalue weighted by Crippen LogP contribution is -2.43. The van der Waals surface area contributed by atoms with E-state index in [0.717, 1.165) is 0 Å². The Bertz CT molecular complexity index is 578. The Kier molecular flexibility index (Phi) is 4.69.